The smallest absolute Gasteiger partial charge is 0.137 e. The summed E-state index contributed by atoms with van der Waals surface area (Å²) < 4.78 is 27.8. The van der Waals surface area contributed by atoms with Gasteiger partial charge in [0.05, 0.1) is 10.5 Å². The number of halogens is 3. The molecule has 0 heterocycles. The molecule has 2 aromatic carbocycles. The number of rotatable bonds is 4. The van der Waals surface area contributed by atoms with E-state index < -0.39 is 6.04 Å². The SMILES string of the molecule is Cc1ccc(F)c(C(Cc2cccc(F)c2Br)NN)c1. The molecule has 2 rings (SSSR count). The van der Waals surface area contributed by atoms with Crippen LogP contribution in [0.1, 0.15) is 22.7 Å². The van der Waals surface area contributed by atoms with Gasteiger partial charge in [-0.15, -0.1) is 0 Å². The topological polar surface area (TPSA) is 38.0 Å². The molecule has 0 bridgehead atoms. The fourth-order valence-electron chi connectivity index (χ4n) is 2.11. The lowest BCUT2D eigenvalue weighted by Crippen LogP contribution is -2.30. The minimum Gasteiger partial charge on any atom is -0.271 e. The largest absolute Gasteiger partial charge is 0.271 e. The van der Waals surface area contributed by atoms with Gasteiger partial charge in [-0.2, -0.15) is 0 Å². The Hall–Kier alpha value is -1.30. The second-order valence-electron chi connectivity index (χ2n) is 4.66. The van der Waals surface area contributed by atoms with Gasteiger partial charge in [0.1, 0.15) is 11.6 Å². The molecule has 2 nitrogen and oxygen atoms in total. The van der Waals surface area contributed by atoms with Crippen LogP contribution in [0.3, 0.4) is 0 Å². The Morgan fingerprint density at radius 1 is 1.20 bits per heavy atom. The van der Waals surface area contributed by atoms with Crippen molar-refractivity contribution in [2.45, 2.75) is 19.4 Å². The molecule has 0 aromatic heterocycles. The van der Waals surface area contributed by atoms with E-state index in [0.29, 0.717) is 16.5 Å². The number of nitrogens with two attached hydrogens (primary N) is 1. The van der Waals surface area contributed by atoms with Gasteiger partial charge in [0.15, 0.2) is 0 Å². The van der Waals surface area contributed by atoms with Crippen LogP contribution in [-0.2, 0) is 6.42 Å². The average molecular weight is 341 g/mol. The molecule has 106 valence electrons. The Morgan fingerprint density at radius 2 is 1.95 bits per heavy atom. The maximum atomic E-state index is 13.9. The van der Waals surface area contributed by atoms with E-state index in [2.05, 4.69) is 21.4 Å². The van der Waals surface area contributed by atoms with Crippen LogP contribution in [0.2, 0.25) is 0 Å². The predicted octanol–water partition coefficient (Wildman–Crippen LogP) is 3.78. The van der Waals surface area contributed by atoms with E-state index in [0.717, 1.165) is 11.1 Å². The van der Waals surface area contributed by atoms with E-state index in [1.165, 1.54) is 12.1 Å². The number of benzene rings is 2. The normalized spacial score (nSPS) is 12.4. The van der Waals surface area contributed by atoms with Crippen LogP contribution in [-0.4, -0.2) is 0 Å². The fraction of sp³-hybridized carbons (Fsp3) is 0.200. The molecule has 2 aromatic rings. The van der Waals surface area contributed by atoms with Gasteiger partial charge < -0.3 is 0 Å². The monoisotopic (exact) mass is 340 g/mol. The summed E-state index contributed by atoms with van der Waals surface area (Å²) >= 11 is 3.21. The molecule has 0 spiro atoms. The third-order valence-corrected chi connectivity index (χ3v) is 4.07. The van der Waals surface area contributed by atoms with Crippen molar-refractivity contribution in [2.75, 3.05) is 0 Å². The van der Waals surface area contributed by atoms with Gasteiger partial charge in [-0.25, -0.2) is 8.78 Å². The van der Waals surface area contributed by atoms with Crippen molar-refractivity contribution < 1.29 is 8.78 Å². The Morgan fingerprint density at radius 3 is 2.65 bits per heavy atom. The minimum absolute atomic E-state index is 0.328. The molecule has 20 heavy (non-hydrogen) atoms. The Balaban J connectivity index is 2.34. The van der Waals surface area contributed by atoms with Crippen molar-refractivity contribution in [1.29, 1.82) is 0 Å². The second kappa shape index (κ2) is 6.43. The highest BCUT2D eigenvalue weighted by atomic mass is 79.9. The van der Waals surface area contributed by atoms with Crippen molar-refractivity contribution in [2.24, 2.45) is 5.84 Å². The quantitative estimate of drug-likeness (QED) is 0.656. The van der Waals surface area contributed by atoms with Gasteiger partial charge in [-0.05, 0) is 47.0 Å². The summed E-state index contributed by atoms with van der Waals surface area (Å²) in [5.74, 6) is 4.86. The first-order valence-electron chi connectivity index (χ1n) is 6.18. The molecule has 0 aliphatic carbocycles. The lowest BCUT2D eigenvalue weighted by molar-refractivity contribution is 0.508. The molecule has 0 aliphatic heterocycles. The summed E-state index contributed by atoms with van der Waals surface area (Å²) in [5, 5.41) is 0. The van der Waals surface area contributed by atoms with Crippen LogP contribution in [0.25, 0.3) is 0 Å². The Bertz CT molecular complexity index is 617. The molecule has 0 fully saturated rings. The van der Waals surface area contributed by atoms with Crippen molar-refractivity contribution in [1.82, 2.24) is 5.43 Å². The van der Waals surface area contributed by atoms with Crippen molar-refractivity contribution >= 4 is 15.9 Å². The minimum atomic E-state index is -0.423. The van der Waals surface area contributed by atoms with Gasteiger partial charge in [-0.1, -0.05) is 29.8 Å². The van der Waals surface area contributed by atoms with Crippen LogP contribution >= 0.6 is 15.9 Å². The summed E-state index contributed by atoms with van der Waals surface area (Å²) in [7, 11) is 0. The number of aryl methyl sites for hydroxylation is 1. The van der Waals surface area contributed by atoms with E-state index in [9.17, 15) is 8.78 Å². The van der Waals surface area contributed by atoms with Crippen LogP contribution < -0.4 is 11.3 Å². The van der Waals surface area contributed by atoms with E-state index >= 15 is 0 Å². The van der Waals surface area contributed by atoms with Crippen LogP contribution in [0.4, 0.5) is 8.78 Å². The van der Waals surface area contributed by atoms with Crippen molar-refractivity contribution in [3.8, 4) is 0 Å². The van der Waals surface area contributed by atoms with Crippen molar-refractivity contribution in [3.63, 3.8) is 0 Å². The summed E-state index contributed by atoms with van der Waals surface area (Å²) in [6.07, 6.45) is 0.384. The Kier molecular flexibility index (Phi) is 4.86. The zero-order chi connectivity index (χ0) is 14.7. The molecular formula is C15H15BrF2N2. The lowest BCUT2D eigenvalue weighted by atomic mass is 9.97. The highest BCUT2D eigenvalue weighted by Crippen LogP contribution is 2.27. The molecule has 0 saturated heterocycles. The summed E-state index contributed by atoms with van der Waals surface area (Å²) in [6.45, 7) is 1.88. The highest BCUT2D eigenvalue weighted by molar-refractivity contribution is 9.10. The first-order valence-corrected chi connectivity index (χ1v) is 6.97. The van der Waals surface area contributed by atoms with Gasteiger partial charge >= 0.3 is 0 Å². The van der Waals surface area contributed by atoms with Gasteiger partial charge in [0.2, 0.25) is 0 Å². The molecule has 0 amide bonds. The maximum absolute atomic E-state index is 13.9. The van der Waals surface area contributed by atoms with Crippen molar-refractivity contribution in [3.05, 3.63) is 69.2 Å². The molecular weight excluding hydrogens is 326 g/mol. The van der Waals surface area contributed by atoms with Crippen LogP contribution in [0.5, 0.6) is 0 Å². The number of hydrogen-bond acceptors (Lipinski definition) is 2. The van der Waals surface area contributed by atoms with Gasteiger partial charge in [0.25, 0.3) is 0 Å². The molecule has 1 unspecified atom stereocenters. The predicted molar refractivity (Wildman–Crippen MR) is 79.0 cm³/mol. The summed E-state index contributed by atoms with van der Waals surface area (Å²) in [5.41, 5.74) is 4.75. The number of hydrazine groups is 1. The van der Waals surface area contributed by atoms with E-state index in [1.807, 2.05) is 6.92 Å². The molecule has 0 saturated carbocycles. The van der Waals surface area contributed by atoms with Gasteiger partial charge in [0, 0.05) is 5.56 Å². The highest BCUT2D eigenvalue weighted by Gasteiger charge is 2.17. The molecule has 5 heteroatoms. The zero-order valence-electron chi connectivity index (χ0n) is 11.0. The third kappa shape index (κ3) is 3.23. The maximum Gasteiger partial charge on any atom is 0.137 e. The van der Waals surface area contributed by atoms with E-state index in [-0.39, 0.29) is 11.6 Å². The first kappa shape index (κ1) is 15.1. The number of hydrogen-bond donors (Lipinski definition) is 2. The lowest BCUT2D eigenvalue weighted by Gasteiger charge is -2.18. The molecule has 1 atom stereocenters. The Labute approximate surface area is 125 Å². The molecule has 3 N–H and O–H groups in total. The standard InChI is InChI=1S/C15H15BrF2N2/c1-9-5-6-12(17)11(7-9)14(20-19)8-10-3-2-4-13(18)15(10)16/h2-7,14,20H,8,19H2,1H3. The number of nitrogens with one attached hydrogen (secondary N) is 1. The molecule has 0 aliphatic rings. The van der Waals surface area contributed by atoms with E-state index in [4.69, 9.17) is 5.84 Å². The zero-order valence-corrected chi connectivity index (χ0v) is 12.5. The average Bonchev–Trinajstić information content (AvgIpc) is 2.43. The van der Waals surface area contributed by atoms with Crippen LogP contribution in [0.15, 0.2) is 40.9 Å². The third-order valence-electron chi connectivity index (χ3n) is 3.18. The fourth-order valence-corrected chi connectivity index (χ4v) is 2.54. The van der Waals surface area contributed by atoms with E-state index in [1.54, 1.807) is 24.3 Å². The van der Waals surface area contributed by atoms with Gasteiger partial charge in [-0.3, -0.25) is 11.3 Å². The summed E-state index contributed by atoms with van der Waals surface area (Å²) in [4.78, 5) is 0. The molecule has 0 radical (unpaired) electrons. The second-order valence-corrected chi connectivity index (χ2v) is 5.45. The van der Waals surface area contributed by atoms with Crippen LogP contribution in [0, 0.1) is 18.6 Å². The first-order chi connectivity index (χ1) is 9.52. The summed E-state index contributed by atoms with van der Waals surface area (Å²) in [6, 6.07) is 9.20.